The molecule has 0 heterocycles. The van der Waals surface area contributed by atoms with Crippen LogP contribution in [0.5, 0.6) is 0 Å². The van der Waals surface area contributed by atoms with E-state index < -0.39 is 0 Å². The Balaban J connectivity index is 2.21. The van der Waals surface area contributed by atoms with Crippen molar-refractivity contribution in [2.24, 2.45) is 17.8 Å². The number of halogens is 2. The Kier molecular flexibility index (Phi) is 6.77. The van der Waals surface area contributed by atoms with Gasteiger partial charge in [0.15, 0.2) is 0 Å². The van der Waals surface area contributed by atoms with Crippen LogP contribution in [0.2, 0.25) is 0 Å². The van der Waals surface area contributed by atoms with E-state index >= 15 is 0 Å². The molecule has 1 fully saturated rings. The Bertz CT molecular complexity index is 440. The normalized spacial score (nSPS) is 27.6. The third-order valence-corrected chi connectivity index (χ3v) is 5.88. The van der Waals surface area contributed by atoms with Crippen LogP contribution in [-0.2, 0) is 0 Å². The summed E-state index contributed by atoms with van der Waals surface area (Å²) in [6.45, 7) is 8.16. The first-order valence-corrected chi connectivity index (χ1v) is 9.79. The van der Waals surface area contributed by atoms with Crippen LogP contribution in [0.4, 0.5) is 0 Å². The zero-order valence-electron chi connectivity index (χ0n) is 13.3. The highest BCUT2D eigenvalue weighted by molar-refractivity contribution is 9.11. The number of hydrogen-bond acceptors (Lipinski definition) is 1. The molecule has 1 aliphatic carbocycles. The van der Waals surface area contributed by atoms with Gasteiger partial charge in [-0.1, -0.05) is 59.1 Å². The first-order valence-electron chi connectivity index (χ1n) is 8.20. The molecule has 0 saturated heterocycles. The Labute approximate surface area is 146 Å². The van der Waals surface area contributed by atoms with Gasteiger partial charge < -0.3 is 5.32 Å². The van der Waals surface area contributed by atoms with Gasteiger partial charge in [0.2, 0.25) is 0 Å². The molecule has 0 bridgehead atoms. The first-order chi connectivity index (χ1) is 10.0. The zero-order valence-corrected chi connectivity index (χ0v) is 16.5. The monoisotopic (exact) mass is 415 g/mol. The fraction of sp³-hybridized carbons (Fsp3) is 0.667. The summed E-state index contributed by atoms with van der Waals surface area (Å²) in [5, 5.41) is 3.80. The average molecular weight is 417 g/mol. The highest BCUT2D eigenvalue weighted by Crippen LogP contribution is 2.40. The third-order valence-electron chi connectivity index (χ3n) is 4.97. The molecule has 1 aromatic rings. The minimum atomic E-state index is 0.480. The highest BCUT2D eigenvalue weighted by atomic mass is 79.9. The largest absolute Gasteiger partial charge is 0.310 e. The molecule has 1 aliphatic rings. The summed E-state index contributed by atoms with van der Waals surface area (Å²) < 4.78 is 2.32. The lowest BCUT2D eigenvalue weighted by molar-refractivity contribution is 0.171. The van der Waals surface area contributed by atoms with E-state index in [1.54, 1.807) is 0 Å². The van der Waals surface area contributed by atoms with Crippen molar-refractivity contribution in [1.29, 1.82) is 0 Å². The molecule has 2 rings (SSSR count). The van der Waals surface area contributed by atoms with Gasteiger partial charge in [-0.3, -0.25) is 0 Å². The molecule has 4 unspecified atom stereocenters. The van der Waals surface area contributed by atoms with Crippen molar-refractivity contribution < 1.29 is 0 Å². The molecule has 3 heteroatoms. The van der Waals surface area contributed by atoms with E-state index in [0.717, 1.165) is 33.2 Å². The predicted molar refractivity (Wildman–Crippen MR) is 98.5 cm³/mol. The highest BCUT2D eigenvalue weighted by Gasteiger charge is 2.30. The average Bonchev–Trinajstić information content (AvgIpc) is 2.42. The second-order valence-electron chi connectivity index (χ2n) is 6.66. The van der Waals surface area contributed by atoms with Crippen molar-refractivity contribution >= 4 is 31.9 Å². The topological polar surface area (TPSA) is 12.0 Å². The van der Waals surface area contributed by atoms with Gasteiger partial charge in [-0.15, -0.1) is 0 Å². The molecular formula is C18H27Br2N. The Morgan fingerprint density at radius 1 is 1.10 bits per heavy atom. The quantitative estimate of drug-likeness (QED) is 0.591. The Morgan fingerprint density at radius 2 is 1.76 bits per heavy atom. The molecule has 4 atom stereocenters. The van der Waals surface area contributed by atoms with E-state index in [9.17, 15) is 0 Å². The molecule has 1 nitrogen and oxygen atoms in total. The SMILES string of the molecule is CCCNC(c1cc(Br)cc(Br)c1)C1CCC(C)C(C)C1. The molecule has 0 aliphatic heterocycles. The van der Waals surface area contributed by atoms with Gasteiger partial charge in [0.05, 0.1) is 0 Å². The fourth-order valence-electron chi connectivity index (χ4n) is 3.50. The molecule has 0 amide bonds. The van der Waals surface area contributed by atoms with Crippen LogP contribution < -0.4 is 5.32 Å². The molecule has 0 aromatic heterocycles. The van der Waals surface area contributed by atoms with Crippen LogP contribution in [0.15, 0.2) is 27.1 Å². The van der Waals surface area contributed by atoms with Crippen LogP contribution in [0.3, 0.4) is 0 Å². The second kappa shape index (κ2) is 8.12. The summed E-state index contributed by atoms with van der Waals surface area (Å²) in [6, 6.07) is 7.15. The standard InChI is InChI=1S/C18H27Br2N/c1-4-7-21-18(14-6-5-12(2)13(3)8-14)15-9-16(19)11-17(20)10-15/h9-14,18,21H,4-8H2,1-3H3. The van der Waals surface area contributed by atoms with Crippen LogP contribution >= 0.6 is 31.9 Å². The lowest BCUT2D eigenvalue weighted by atomic mass is 9.72. The summed E-state index contributed by atoms with van der Waals surface area (Å²) in [6.07, 6.45) is 5.24. The predicted octanol–water partition coefficient (Wildman–Crippen LogP) is 6.32. The van der Waals surface area contributed by atoms with Crippen LogP contribution in [0, 0.1) is 17.8 Å². The van der Waals surface area contributed by atoms with Crippen molar-refractivity contribution in [3.05, 3.63) is 32.7 Å². The van der Waals surface area contributed by atoms with Crippen molar-refractivity contribution in [1.82, 2.24) is 5.32 Å². The second-order valence-corrected chi connectivity index (χ2v) is 8.49. The fourth-order valence-corrected chi connectivity index (χ4v) is 4.83. The molecule has 0 spiro atoms. The minimum absolute atomic E-state index is 0.480. The number of benzene rings is 1. The third kappa shape index (κ3) is 4.80. The van der Waals surface area contributed by atoms with E-state index in [1.807, 2.05) is 0 Å². The summed E-state index contributed by atoms with van der Waals surface area (Å²) in [5.41, 5.74) is 1.41. The summed E-state index contributed by atoms with van der Waals surface area (Å²) in [5.74, 6) is 2.47. The van der Waals surface area contributed by atoms with Gasteiger partial charge in [-0.05, 0) is 67.3 Å². The maximum Gasteiger partial charge on any atom is 0.0349 e. The molecular weight excluding hydrogens is 390 g/mol. The van der Waals surface area contributed by atoms with Gasteiger partial charge in [0, 0.05) is 15.0 Å². The van der Waals surface area contributed by atoms with Gasteiger partial charge in [0.25, 0.3) is 0 Å². The smallest absolute Gasteiger partial charge is 0.0349 e. The Hall–Kier alpha value is 0.140. The van der Waals surface area contributed by atoms with E-state index in [1.165, 1.54) is 31.2 Å². The summed E-state index contributed by atoms with van der Waals surface area (Å²) >= 11 is 7.27. The molecule has 1 aromatic carbocycles. The number of rotatable bonds is 5. The van der Waals surface area contributed by atoms with Crippen molar-refractivity contribution in [2.75, 3.05) is 6.54 Å². The van der Waals surface area contributed by atoms with E-state index in [-0.39, 0.29) is 0 Å². The minimum Gasteiger partial charge on any atom is -0.310 e. The van der Waals surface area contributed by atoms with Crippen molar-refractivity contribution in [3.63, 3.8) is 0 Å². The zero-order chi connectivity index (χ0) is 15.4. The van der Waals surface area contributed by atoms with Crippen LogP contribution in [-0.4, -0.2) is 6.54 Å². The van der Waals surface area contributed by atoms with Crippen LogP contribution in [0.25, 0.3) is 0 Å². The lowest BCUT2D eigenvalue weighted by Gasteiger charge is -2.37. The van der Waals surface area contributed by atoms with Gasteiger partial charge in [-0.2, -0.15) is 0 Å². The molecule has 1 saturated carbocycles. The lowest BCUT2D eigenvalue weighted by Crippen LogP contribution is -2.33. The van der Waals surface area contributed by atoms with E-state index in [0.29, 0.717) is 6.04 Å². The van der Waals surface area contributed by atoms with Gasteiger partial charge >= 0.3 is 0 Å². The maximum absolute atomic E-state index is 3.80. The Morgan fingerprint density at radius 3 is 2.33 bits per heavy atom. The van der Waals surface area contributed by atoms with E-state index in [2.05, 4.69) is 76.1 Å². The van der Waals surface area contributed by atoms with Crippen LogP contribution in [0.1, 0.15) is 58.1 Å². The molecule has 21 heavy (non-hydrogen) atoms. The number of hydrogen-bond donors (Lipinski definition) is 1. The first kappa shape index (κ1) is 17.5. The summed E-state index contributed by atoms with van der Waals surface area (Å²) in [7, 11) is 0. The van der Waals surface area contributed by atoms with Gasteiger partial charge in [0.1, 0.15) is 0 Å². The van der Waals surface area contributed by atoms with Crippen molar-refractivity contribution in [3.8, 4) is 0 Å². The molecule has 0 radical (unpaired) electrons. The summed E-state index contributed by atoms with van der Waals surface area (Å²) in [4.78, 5) is 0. The van der Waals surface area contributed by atoms with Gasteiger partial charge in [-0.25, -0.2) is 0 Å². The number of nitrogens with one attached hydrogen (secondary N) is 1. The molecule has 1 N–H and O–H groups in total. The van der Waals surface area contributed by atoms with E-state index in [4.69, 9.17) is 0 Å². The molecule has 118 valence electrons. The maximum atomic E-state index is 3.80. The van der Waals surface area contributed by atoms with Crippen molar-refractivity contribution in [2.45, 2.75) is 52.5 Å².